The number of hydrogen-bond donors (Lipinski definition) is 2. The Hall–Kier alpha value is -2.10. The van der Waals surface area contributed by atoms with Crippen LogP contribution in [-0.4, -0.2) is 23.5 Å². The van der Waals surface area contributed by atoms with E-state index in [2.05, 4.69) is 11.4 Å². The Labute approximate surface area is 100.0 Å². The van der Waals surface area contributed by atoms with Crippen LogP contribution >= 0.6 is 0 Å². The molecule has 0 radical (unpaired) electrons. The summed E-state index contributed by atoms with van der Waals surface area (Å²) in [5.41, 5.74) is 2.33. The van der Waals surface area contributed by atoms with Crippen LogP contribution in [0.25, 0.3) is 0 Å². The quantitative estimate of drug-likeness (QED) is 0.753. The maximum atomic E-state index is 11.1. The molecule has 4 heteroatoms. The number of nitrogens with one attached hydrogen (secondary N) is 1. The number of rotatable bonds is 5. The van der Waals surface area contributed by atoms with Gasteiger partial charge in [0.1, 0.15) is 0 Å². The van der Waals surface area contributed by atoms with Crippen LogP contribution in [0.1, 0.15) is 11.1 Å². The summed E-state index contributed by atoms with van der Waals surface area (Å²) in [6, 6.07) is 8.03. The summed E-state index contributed by atoms with van der Waals surface area (Å²) >= 11 is 0. The molecule has 0 bridgehead atoms. The lowest BCUT2D eigenvalue weighted by Gasteiger charge is -2.03. The summed E-state index contributed by atoms with van der Waals surface area (Å²) in [7, 11) is 0. The van der Waals surface area contributed by atoms with Crippen molar-refractivity contribution in [2.75, 3.05) is 6.54 Å². The second kappa shape index (κ2) is 6.48. The summed E-state index contributed by atoms with van der Waals surface area (Å²) in [5, 5.41) is 10.9. The molecule has 90 valence electrons. The topological polar surface area (TPSA) is 66.4 Å². The van der Waals surface area contributed by atoms with Crippen LogP contribution < -0.4 is 5.32 Å². The normalized spacial score (nSPS) is 10.4. The van der Waals surface area contributed by atoms with Gasteiger partial charge in [0.05, 0.1) is 0 Å². The average Bonchev–Trinajstić information content (AvgIpc) is 2.26. The lowest BCUT2D eigenvalue weighted by molar-refractivity contribution is -0.131. The highest BCUT2D eigenvalue weighted by atomic mass is 16.4. The van der Waals surface area contributed by atoms with Gasteiger partial charge < -0.3 is 10.4 Å². The molecule has 1 amide bonds. The molecule has 0 aromatic heterocycles. The van der Waals surface area contributed by atoms with E-state index in [0.717, 1.165) is 24.1 Å². The highest BCUT2D eigenvalue weighted by Crippen LogP contribution is 2.03. The zero-order valence-electron chi connectivity index (χ0n) is 9.64. The van der Waals surface area contributed by atoms with Gasteiger partial charge in [0, 0.05) is 18.7 Å². The van der Waals surface area contributed by atoms with Crippen molar-refractivity contribution in [2.24, 2.45) is 0 Å². The molecule has 2 N–H and O–H groups in total. The molecular weight excluding hydrogens is 218 g/mol. The first-order chi connectivity index (χ1) is 8.08. The molecule has 0 spiro atoms. The van der Waals surface area contributed by atoms with E-state index in [1.54, 1.807) is 0 Å². The first-order valence-corrected chi connectivity index (χ1v) is 5.32. The third-order valence-electron chi connectivity index (χ3n) is 2.17. The Balaban J connectivity index is 2.33. The highest BCUT2D eigenvalue weighted by molar-refractivity contribution is 5.93. The Morgan fingerprint density at radius 3 is 2.76 bits per heavy atom. The molecule has 1 aromatic rings. The maximum Gasteiger partial charge on any atom is 0.328 e. The number of hydrogen-bond acceptors (Lipinski definition) is 2. The van der Waals surface area contributed by atoms with Crippen molar-refractivity contribution in [3.8, 4) is 0 Å². The van der Waals surface area contributed by atoms with E-state index < -0.39 is 5.97 Å². The summed E-state index contributed by atoms with van der Waals surface area (Å²) in [6.07, 6.45) is 2.56. The maximum absolute atomic E-state index is 11.1. The molecule has 0 aliphatic rings. The first-order valence-electron chi connectivity index (χ1n) is 5.32. The van der Waals surface area contributed by atoms with Gasteiger partial charge >= 0.3 is 5.97 Å². The molecule has 4 nitrogen and oxygen atoms in total. The van der Waals surface area contributed by atoms with E-state index in [1.165, 1.54) is 5.56 Å². The van der Waals surface area contributed by atoms with E-state index in [-0.39, 0.29) is 5.91 Å². The molecule has 0 aliphatic heterocycles. The fourth-order valence-corrected chi connectivity index (χ4v) is 1.40. The molecule has 0 saturated heterocycles. The zero-order valence-corrected chi connectivity index (χ0v) is 9.64. The van der Waals surface area contributed by atoms with E-state index in [0.29, 0.717) is 6.54 Å². The van der Waals surface area contributed by atoms with E-state index in [9.17, 15) is 9.59 Å². The van der Waals surface area contributed by atoms with Gasteiger partial charge in [0.15, 0.2) is 0 Å². The summed E-state index contributed by atoms with van der Waals surface area (Å²) in [5.74, 6) is -1.51. The summed E-state index contributed by atoms with van der Waals surface area (Å²) < 4.78 is 0. The Bertz CT molecular complexity index is 438. The smallest absolute Gasteiger partial charge is 0.328 e. The molecule has 0 aliphatic carbocycles. The predicted molar refractivity (Wildman–Crippen MR) is 64.7 cm³/mol. The standard InChI is InChI=1S/C13H15NO3/c1-10-3-2-4-11(9-10)7-8-14-12(15)5-6-13(16)17/h2-6,9H,7-8H2,1H3,(H,14,15)(H,16,17). The Morgan fingerprint density at radius 2 is 2.12 bits per heavy atom. The van der Waals surface area contributed by atoms with Crippen molar-refractivity contribution in [3.63, 3.8) is 0 Å². The summed E-state index contributed by atoms with van der Waals surface area (Å²) in [4.78, 5) is 21.3. The van der Waals surface area contributed by atoms with E-state index >= 15 is 0 Å². The zero-order chi connectivity index (χ0) is 12.7. The number of carbonyl (C=O) groups is 2. The Kier molecular flexibility index (Phi) is 4.94. The molecule has 0 heterocycles. The third kappa shape index (κ3) is 5.51. The minimum absolute atomic E-state index is 0.389. The second-order valence-corrected chi connectivity index (χ2v) is 3.70. The molecular formula is C13H15NO3. The third-order valence-corrected chi connectivity index (χ3v) is 2.17. The van der Waals surface area contributed by atoms with Crippen LogP contribution in [0.4, 0.5) is 0 Å². The Morgan fingerprint density at radius 1 is 1.35 bits per heavy atom. The minimum atomic E-state index is -1.13. The van der Waals surface area contributed by atoms with Gasteiger partial charge in [-0.2, -0.15) is 0 Å². The molecule has 0 unspecified atom stereocenters. The number of carboxylic acid groups (broad SMARTS) is 1. The first kappa shape index (κ1) is 13.0. The molecule has 0 saturated carbocycles. The van der Waals surface area contributed by atoms with Gasteiger partial charge in [-0.25, -0.2) is 4.79 Å². The SMILES string of the molecule is Cc1cccc(CCNC(=O)C=CC(=O)O)c1. The predicted octanol–water partition coefficient (Wildman–Crippen LogP) is 1.29. The number of carboxylic acids is 1. The van der Waals surface area contributed by atoms with Crippen molar-refractivity contribution in [3.05, 3.63) is 47.5 Å². The average molecular weight is 233 g/mol. The van der Waals surface area contributed by atoms with Crippen LogP contribution in [0.15, 0.2) is 36.4 Å². The van der Waals surface area contributed by atoms with Gasteiger partial charge in [-0.05, 0) is 18.9 Å². The van der Waals surface area contributed by atoms with E-state index in [1.807, 2.05) is 25.1 Å². The number of amides is 1. The lowest BCUT2D eigenvalue weighted by Crippen LogP contribution is -2.23. The molecule has 17 heavy (non-hydrogen) atoms. The van der Waals surface area contributed by atoms with Crippen molar-refractivity contribution in [1.29, 1.82) is 0 Å². The van der Waals surface area contributed by atoms with Crippen LogP contribution in [0, 0.1) is 6.92 Å². The minimum Gasteiger partial charge on any atom is -0.478 e. The second-order valence-electron chi connectivity index (χ2n) is 3.70. The van der Waals surface area contributed by atoms with Gasteiger partial charge in [-0.3, -0.25) is 4.79 Å². The van der Waals surface area contributed by atoms with Crippen molar-refractivity contribution in [2.45, 2.75) is 13.3 Å². The molecule has 0 atom stereocenters. The highest BCUT2D eigenvalue weighted by Gasteiger charge is 1.97. The van der Waals surface area contributed by atoms with Gasteiger partial charge in [-0.15, -0.1) is 0 Å². The lowest BCUT2D eigenvalue weighted by atomic mass is 10.1. The molecule has 1 aromatic carbocycles. The van der Waals surface area contributed by atoms with Gasteiger partial charge in [0.25, 0.3) is 0 Å². The molecule has 1 rings (SSSR count). The fourth-order valence-electron chi connectivity index (χ4n) is 1.40. The summed E-state index contributed by atoms with van der Waals surface area (Å²) in [6.45, 7) is 2.50. The molecule has 0 fully saturated rings. The van der Waals surface area contributed by atoms with Crippen LogP contribution in [-0.2, 0) is 16.0 Å². The van der Waals surface area contributed by atoms with Gasteiger partial charge in [0.2, 0.25) is 5.91 Å². The van der Waals surface area contributed by atoms with E-state index in [4.69, 9.17) is 5.11 Å². The fraction of sp³-hybridized carbons (Fsp3) is 0.231. The number of benzene rings is 1. The number of aliphatic carboxylic acids is 1. The van der Waals surface area contributed by atoms with Crippen molar-refractivity contribution in [1.82, 2.24) is 5.32 Å². The number of carbonyl (C=O) groups excluding carboxylic acids is 1. The largest absolute Gasteiger partial charge is 0.478 e. The van der Waals surface area contributed by atoms with Crippen LogP contribution in [0.5, 0.6) is 0 Å². The van der Waals surface area contributed by atoms with Crippen LogP contribution in [0.2, 0.25) is 0 Å². The van der Waals surface area contributed by atoms with Crippen molar-refractivity contribution >= 4 is 11.9 Å². The number of aryl methyl sites for hydroxylation is 1. The van der Waals surface area contributed by atoms with Crippen LogP contribution in [0.3, 0.4) is 0 Å². The van der Waals surface area contributed by atoms with Crippen molar-refractivity contribution < 1.29 is 14.7 Å². The van der Waals surface area contributed by atoms with Gasteiger partial charge in [-0.1, -0.05) is 29.8 Å². The monoisotopic (exact) mass is 233 g/mol.